The number of carboxylic acids is 1. The van der Waals surface area contributed by atoms with E-state index in [-0.39, 0.29) is 0 Å². The zero-order valence-corrected chi connectivity index (χ0v) is 9.91. The number of carbonyl (C=O) groups is 1. The number of carboxylic acid groups (broad SMARTS) is 1. The van der Waals surface area contributed by atoms with E-state index in [2.05, 4.69) is 36.3 Å². The number of rotatable bonds is 2. The van der Waals surface area contributed by atoms with Gasteiger partial charge in [0, 0.05) is 13.1 Å². The topological polar surface area (TPSA) is 40.5 Å². The van der Waals surface area contributed by atoms with Crippen LogP contribution in [0.2, 0.25) is 0 Å². The van der Waals surface area contributed by atoms with E-state index >= 15 is 0 Å². The second-order valence-electron chi connectivity index (χ2n) is 3.53. The van der Waals surface area contributed by atoms with E-state index < -0.39 is 5.97 Å². The number of likely N-dealkylation sites (N-methyl/N-ethyl adjacent to an activating group) is 1. The van der Waals surface area contributed by atoms with E-state index in [1.165, 1.54) is 0 Å². The fourth-order valence-corrected chi connectivity index (χ4v) is 1.32. The molecule has 0 aliphatic carbocycles. The normalized spacial score (nSPS) is 12.9. The van der Waals surface area contributed by atoms with Crippen LogP contribution in [0.5, 0.6) is 0 Å². The first-order valence-electron chi connectivity index (χ1n) is 5.59. The summed E-state index contributed by atoms with van der Waals surface area (Å²) in [6.07, 6.45) is 8.41. The van der Waals surface area contributed by atoms with Gasteiger partial charge in [0.1, 0.15) is 0 Å². The van der Waals surface area contributed by atoms with Crippen molar-refractivity contribution in [1.82, 2.24) is 4.90 Å². The van der Waals surface area contributed by atoms with Gasteiger partial charge in [-0.05, 0) is 31.3 Å². The zero-order valence-electron chi connectivity index (χ0n) is 9.91. The third kappa shape index (κ3) is 5.02. The highest BCUT2D eigenvalue weighted by atomic mass is 16.4. The standard InChI is InChI=1S/C7H11N.C7H6O2/c1-2-8-6-4-3-5-7-8;8-7(9)6-4-2-1-3-5-6/h3-6H,2,7H2,1H3;1-5H,(H,8,9). The number of hydrogen-bond donors (Lipinski definition) is 1. The van der Waals surface area contributed by atoms with Crippen molar-refractivity contribution in [3.05, 3.63) is 60.3 Å². The maximum atomic E-state index is 10.2. The van der Waals surface area contributed by atoms with Gasteiger partial charge in [0.25, 0.3) is 0 Å². The number of aromatic carboxylic acids is 1. The molecule has 0 bridgehead atoms. The molecule has 0 aromatic heterocycles. The van der Waals surface area contributed by atoms with Crippen LogP contribution in [0.15, 0.2) is 54.8 Å². The molecule has 1 heterocycles. The first kappa shape index (κ1) is 13.0. The van der Waals surface area contributed by atoms with Crippen LogP contribution in [0.25, 0.3) is 0 Å². The minimum absolute atomic E-state index is 0.331. The second-order valence-corrected chi connectivity index (χ2v) is 3.53. The zero-order chi connectivity index (χ0) is 12.5. The lowest BCUT2D eigenvalue weighted by molar-refractivity contribution is 0.0697. The fraction of sp³-hybridized carbons (Fsp3) is 0.214. The lowest BCUT2D eigenvalue weighted by Gasteiger charge is -2.16. The first-order valence-corrected chi connectivity index (χ1v) is 5.59. The Hall–Kier alpha value is -2.03. The molecule has 1 aliphatic heterocycles. The van der Waals surface area contributed by atoms with Gasteiger partial charge in [0.2, 0.25) is 0 Å². The predicted octanol–water partition coefficient (Wildman–Crippen LogP) is 2.78. The van der Waals surface area contributed by atoms with Gasteiger partial charge in [-0.25, -0.2) is 4.79 Å². The summed E-state index contributed by atoms with van der Waals surface area (Å²) in [4.78, 5) is 12.5. The summed E-state index contributed by atoms with van der Waals surface area (Å²) >= 11 is 0. The highest BCUT2D eigenvalue weighted by molar-refractivity contribution is 5.87. The summed E-state index contributed by atoms with van der Waals surface area (Å²) in [5.41, 5.74) is 0.331. The van der Waals surface area contributed by atoms with Crippen LogP contribution in [0.4, 0.5) is 0 Å². The Morgan fingerprint density at radius 1 is 1.29 bits per heavy atom. The molecule has 0 saturated heterocycles. The summed E-state index contributed by atoms with van der Waals surface area (Å²) in [7, 11) is 0. The number of nitrogens with zero attached hydrogens (tertiary/aromatic N) is 1. The van der Waals surface area contributed by atoms with E-state index in [1.54, 1.807) is 30.3 Å². The van der Waals surface area contributed by atoms with Crippen molar-refractivity contribution in [2.45, 2.75) is 6.92 Å². The molecule has 0 radical (unpaired) electrons. The van der Waals surface area contributed by atoms with Crippen LogP contribution in [0.3, 0.4) is 0 Å². The number of benzene rings is 1. The van der Waals surface area contributed by atoms with Gasteiger partial charge >= 0.3 is 5.97 Å². The number of allylic oxidation sites excluding steroid dienone is 2. The molecular formula is C14H17NO2. The van der Waals surface area contributed by atoms with Crippen LogP contribution < -0.4 is 0 Å². The Labute approximate surface area is 102 Å². The highest BCUT2D eigenvalue weighted by Gasteiger charge is 1.96. The molecule has 0 unspecified atom stereocenters. The van der Waals surface area contributed by atoms with Gasteiger partial charge in [-0.1, -0.05) is 30.4 Å². The maximum absolute atomic E-state index is 10.2. The molecule has 3 heteroatoms. The third-order valence-corrected chi connectivity index (χ3v) is 2.31. The van der Waals surface area contributed by atoms with Crippen molar-refractivity contribution in [2.24, 2.45) is 0 Å². The molecule has 1 aromatic rings. The smallest absolute Gasteiger partial charge is 0.335 e. The van der Waals surface area contributed by atoms with E-state index in [4.69, 9.17) is 5.11 Å². The van der Waals surface area contributed by atoms with Gasteiger partial charge in [0.15, 0.2) is 0 Å². The largest absolute Gasteiger partial charge is 0.478 e. The third-order valence-electron chi connectivity index (χ3n) is 2.31. The van der Waals surface area contributed by atoms with Crippen molar-refractivity contribution in [3.63, 3.8) is 0 Å². The molecular weight excluding hydrogens is 214 g/mol. The molecule has 0 saturated carbocycles. The minimum Gasteiger partial charge on any atom is -0.478 e. The molecule has 1 aliphatic rings. The van der Waals surface area contributed by atoms with Gasteiger partial charge in [-0.15, -0.1) is 0 Å². The van der Waals surface area contributed by atoms with E-state index in [0.717, 1.165) is 13.1 Å². The van der Waals surface area contributed by atoms with E-state index in [1.807, 2.05) is 0 Å². The van der Waals surface area contributed by atoms with Crippen LogP contribution in [-0.2, 0) is 0 Å². The Balaban J connectivity index is 0.000000171. The quantitative estimate of drug-likeness (QED) is 0.850. The Bertz CT molecular complexity index is 396. The minimum atomic E-state index is -0.879. The summed E-state index contributed by atoms with van der Waals surface area (Å²) in [6.45, 7) is 4.34. The van der Waals surface area contributed by atoms with Crippen molar-refractivity contribution in [2.75, 3.05) is 13.1 Å². The molecule has 0 amide bonds. The van der Waals surface area contributed by atoms with Crippen LogP contribution in [-0.4, -0.2) is 29.1 Å². The summed E-state index contributed by atoms with van der Waals surface area (Å²) in [5, 5.41) is 8.38. The summed E-state index contributed by atoms with van der Waals surface area (Å²) < 4.78 is 0. The lowest BCUT2D eigenvalue weighted by atomic mass is 10.2. The molecule has 0 atom stereocenters. The van der Waals surface area contributed by atoms with Crippen molar-refractivity contribution >= 4 is 5.97 Å². The molecule has 1 aromatic carbocycles. The van der Waals surface area contributed by atoms with Crippen molar-refractivity contribution in [1.29, 1.82) is 0 Å². The molecule has 17 heavy (non-hydrogen) atoms. The Kier molecular flexibility index (Phi) is 5.58. The van der Waals surface area contributed by atoms with E-state index in [0.29, 0.717) is 5.56 Å². The SMILES string of the molecule is CCN1C=CC=CC1.O=C(O)c1ccccc1. The average Bonchev–Trinajstić information content (AvgIpc) is 2.41. The highest BCUT2D eigenvalue weighted by Crippen LogP contribution is 1.96. The molecule has 2 rings (SSSR count). The van der Waals surface area contributed by atoms with Gasteiger partial charge in [0.05, 0.1) is 5.56 Å². The predicted molar refractivity (Wildman–Crippen MR) is 68.9 cm³/mol. The monoisotopic (exact) mass is 231 g/mol. The van der Waals surface area contributed by atoms with Crippen LogP contribution in [0.1, 0.15) is 17.3 Å². The van der Waals surface area contributed by atoms with Crippen molar-refractivity contribution in [3.8, 4) is 0 Å². The maximum Gasteiger partial charge on any atom is 0.335 e. The van der Waals surface area contributed by atoms with Crippen molar-refractivity contribution < 1.29 is 9.90 Å². The molecule has 0 fully saturated rings. The average molecular weight is 231 g/mol. The Morgan fingerprint density at radius 2 is 2.00 bits per heavy atom. The first-order chi connectivity index (χ1) is 8.24. The van der Waals surface area contributed by atoms with Crippen LogP contribution in [0, 0.1) is 0 Å². The molecule has 90 valence electrons. The van der Waals surface area contributed by atoms with Gasteiger partial charge in [-0.3, -0.25) is 0 Å². The summed E-state index contributed by atoms with van der Waals surface area (Å²) in [5.74, 6) is -0.879. The molecule has 1 N–H and O–H groups in total. The fourth-order valence-electron chi connectivity index (χ4n) is 1.32. The lowest BCUT2D eigenvalue weighted by Crippen LogP contribution is -2.17. The summed E-state index contributed by atoms with van der Waals surface area (Å²) in [6, 6.07) is 8.30. The second kappa shape index (κ2) is 7.28. The van der Waals surface area contributed by atoms with E-state index in [9.17, 15) is 4.79 Å². The van der Waals surface area contributed by atoms with Gasteiger partial charge < -0.3 is 10.0 Å². The number of hydrogen-bond acceptors (Lipinski definition) is 2. The van der Waals surface area contributed by atoms with Gasteiger partial charge in [-0.2, -0.15) is 0 Å². The molecule has 3 nitrogen and oxygen atoms in total. The molecule has 0 spiro atoms. The Morgan fingerprint density at radius 3 is 2.35 bits per heavy atom. The van der Waals surface area contributed by atoms with Crippen LogP contribution >= 0.6 is 0 Å².